The van der Waals surface area contributed by atoms with Crippen molar-refractivity contribution in [1.29, 1.82) is 0 Å². The predicted molar refractivity (Wildman–Crippen MR) is 108 cm³/mol. The third-order valence-corrected chi connectivity index (χ3v) is 5.16. The minimum atomic E-state index is -0.141. The van der Waals surface area contributed by atoms with E-state index < -0.39 is 0 Å². The van der Waals surface area contributed by atoms with Crippen LogP contribution in [0.1, 0.15) is 11.1 Å². The second kappa shape index (κ2) is 10.1. The summed E-state index contributed by atoms with van der Waals surface area (Å²) in [7, 11) is 1.65. The lowest BCUT2D eigenvalue weighted by Crippen LogP contribution is -2.52. The van der Waals surface area contributed by atoms with Gasteiger partial charge in [0, 0.05) is 39.3 Å². The summed E-state index contributed by atoms with van der Waals surface area (Å²) in [5, 5.41) is 3.00. The standard InChI is InChI=1S/C22H28FN3O2/c1-28-20-8-6-18(7-9-20)10-12-24-22(27)26-16-14-25(15-17-26)13-11-19-4-2-3-5-21(19)23/h2-9H,10-17H2,1H3,(H,24,27). The van der Waals surface area contributed by atoms with E-state index in [1.165, 1.54) is 11.6 Å². The molecule has 1 heterocycles. The number of piperazine rings is 1. The monoisotopic (exact) mass is 385 g/mol. The van der Waals surface area contributed by atoms with Crippen molar-refractivity contribution >= 4 is 6.03 Å². The van der Waals surface area contributed by atoms with Gasteiger partial charge < -0.3 is 15.0 Å². The normalized spacial score (nSPS) is 14.7. The fourth-order valence-corrected chi connectivity index (χ4v) is 3.37. The third kappa shape index (κ3) is 5.70. The Balaban J connectivity index is 1.34. The van der Waals surface area contributed by atoms with Crippen molar-refractivity contribution in [2.75, 3.05) is 46.4 Å². The van der Waals surface area contributed by atoms with Gasteiger partial charge in [-0.1, -0.05) is 30.3 Å². The van der Waals surface area contributed by atoms with Gasteiger partial charge in [0.2, 0.25) is 0 Å². The molecule has 28 heavy (non-hydrogen) atoms. The van der Waals surface area contributed by atoms with Crippen LogP contribution in [0.4, 0.5) is 9.18 Å². The Kier molecular flexibility index (Phi) is 7.25. The summed E-state index contributed by atoms with van der Waals surface area (Å²) in [6.07, 6.45) is 1.49. The van der Waals surface area contributed by atoms with Crippen molar-refractivity contribution in [3.05, 3.63) is 65.5 Å². The van der Waals surface area contributed by atoms with Gasteiger partial charge in [-0.25, -0.2) is 9.18 Å². The highest BCUT2D eigenvalue weighted by molar-refractivity contribution is 5.74. The van der Waals surface area contributed by atoms with E-state index in [2.05, 4.69) is 10.2 Å². The first-order valence-electron chi connectivity index (χ1n) is 9.77. The van der Waals surface area contributed by atoms with E-state index in [4.69, 9.17) is 4.74 Å². The zero-order valence-corrected chi connectivity index (χ0v) is 16.4. The number of carbonyl (C=O) groups is 1. The fourth-order valence-electron chi connectivity index (χ4n) is 3.37. The summed E-state index contributed by atoms with van der Waals surface area (Å²) in [6, 6.07) is 14.8. The summed E-state index contributed by atoms with van der Waals surface area (Å²) in [5.41, 5.74) is 1.92. The SMILES string of the molecule is COc1ccc(CCNC(=O)N2CCN(CCc3ccccc3F)CC2)cc1. The second-order valence-corrected chi connectivity index (χ2v) is 7.00. The van der Waals surface area contributed by atoms with Gasteiger partial charge in [0.25, 0.3) is 0 Å². The van der Waals surface area contributed by atoms with Crippen molar-refractivity contribution in [3.63, 3.8) is 0 Å². The molecule has 2 aromatic carbocycles. The van der Waals surface area contributed by atoms with E-state index in [1.54, 1.807) is 13.2 Å². The molecular weight excluding hydrogens is 357 g/mol. The van der Waals surface area contributed by atoms with Crippen LogP contribution in [0.2, 0.25) is 0 Å². The first-order chi connectivity index (χ1) is 13.7. The number of nitrogens with zero attached hydrogens (tertiary/aromatic N) is 2. The molecule has 6 heteroatoms. The number of nitrogens with one attached hydrogen (secondary N) is 1. The Morgan fingerprint density at radius 3 is 2.43 bits per heavy atom. The van der Waals surface area contributed by atoms with E-state index in [0.717, 1.165) is 37.4 Å². The Morgan fingerprint density at radius 1 is 1.04 bits per heavy atom. The average Bonchev–Trinajstić information content (AvgIpc) is 2.74. The molecule has 3 rings (SSSR count). The topological polar surface area (TPSA) is 44.8 Å². The van der Waals surface area contributed by atoms with Crippen molar-refractivity contribution in [2.45, 2.75) is 12.8 Å². The Hall–Kier alpha value is -2.60. The molecule has 0 radical (unpaired) electrons. The lowest BCUT2D eigenvalue weighted by Gasteiger charge is -2.34. The molecule has 1 saturated heterocycles. The van der Waals surface area contributed by atoms with E-state index >= 15 is 0 Å². The molecule has 0 unspecified atom stereocenters. The largest absolute Gasteiger partial charge is 0.497 e. The number of hydrogen-bond acceptors (Lipinski definition) is 3. The summed E-state index contributed by atoms with van der Waals surface area (Å²) in [6.45, 7) is 4.46. The highest BCUT2D eigenvalue weighted by Crippen LogP contribution is 2.12. The summed E-state index contributed by atoms with van der Waals surface area (Å²) in [5.74, 6) is 0.693. The molecule has 5 nitrogen and oxygen atoms in total. The highest BCUT2D eigenvalue weighted by Gasteiger charge is 2.20. The molecule has 0 bridgehead atoms. The van der Waals surface area contributed by atoms with Crippen molar-refractivity contribution < 1.29 is 13.9 Å². The maximum Gasteiger partial charge on any atom is 0.317 e. The van der Waals surface area contributed by atoms with Crippen molar-refractivity contribution in [1.82, 2.24) is 15.1 Å². The van der Waals surface area contributed by atoms with Crippen LogP contribution < -0.4 is 10.1 Å². The van der Waals surface area contributed by atoms with Gasteiger partial charge in [0.1, 0.15) is 11.6 Å². The second-order valence-electron chi connectivity index (χ2n) is 7.00. The number of methoxy groups -OCH3 is 1. The molecule has 1 fully saturated rings. The molecule has 150 valence electrons. The first kappa shape index (κ1) is 20.1. The van der Waals surface area contributed by atoms with Gasteiger partial charge in [0.15, 0.2) is 0 Å². The van der Waals surface area contributed by atoms with Gasteiger partial charge in [-0.2, -0.15) is 0 Å². The molecule has 2 amide bonds. The number of halogens is 1. The third-order valence-electron chi connectivity index (χ3n) is 5.16. The molecule has 0 atom stereocenters. The van der Waals surface area contributed by atoms with Gasteiger partial charge in [0.05, 0.1) is 7.11 Å². The summed E-state index contributed by atoms with van der Waals surface area (Å²) >= 11 is 0. The van der Waals surface area contributed by atoms with Crippen molar-refractivity contribution in [3.8, 4) is 5.75 Å². The first-order valence-corrected chi connectivity index (χ1v) is 9.77. The molecule has 1 aliphatic heterocycles. The smallest absolute Gasteiger partial charge is 0.317 e. The predicted octanol–water partition coefficient (Wildman–Crippen LogP) is 2.95. The van der Waals surface area contributed by atoms with Gasteiger partial charge in [-0.05, 0) is 42.2 Å². The number of ether oxygens (including phenoxy) is 1. The number of carbonyl (C=O) groups excluding carboxylic acids is 1. The van der Waals surface area contributed by atoms with E-state index in [9.17, 15) is 9.18 Å². The van der Waals surface area contributed by atoms with Crippen molar-refractivity contribution in [2.24, 2.45) is 0 Å². The van der Waals surface area contributed by atoms with Crippen LogP contribution in [0, 0.1) is 5.82 Å². The molecule has 2 aromatic rings. The molecule has 1 N–H and O–H groups in total. The zero-order chi connectivity index (χ0) is 19.8. The minimum absolute atomic E-state index is 0.0118. The Bertz CT molecular complexity index is 759. The summed E-state index contributed by atoms with van der Waals surface area (Å²) < 4.78 is 18.9. The number of rotatable bonds is 7. The number of benzene rings is 2. The van der Waals surface area contributed by atoms with E-state index in [0.29, 0.717) is 26.1 Å². The Labute approximate surface area is 166 Å². The van der Waals surface area contributed by atoms with Crippen LogP contribution in [-0.2, 0) is 12.8 Å². The van der Waals surface area contributed by atoms with E-state index in [-0.39, 0.29) is 11.8 Å². The molecule has 0 aromatic heterocycles. The molecule has 1 aliphatic rings. The lowest BCUT2D eigenvalue weighted by molar-refractivity contribution is 0.140. The maximum absolute atomic E-state index is 13.7. The maximum atomic E-state index is 13.7. The van der Waals surface area contributed by atoms with Crippen LogP contribution in [0.3, 0.4) is 0 Å². The number of hydrogen-bond donors (Lipinski definition) is 1. The minimum Gasteiger partial charge on any atom is -0.497 e. The van der Waals surface area contributed by atoms with Crippen LogP contribution in [-0.4, -0.2) is 62.2 Å². The highest BCUT2D eigenvalue weighted by atomic mass is 19.1. The zero-order valence-electron chi connectivity index (χ0n) is 16.4. The molecular formula is C22H28FN3O2. The number of urea groups is 1. The number of amides is 2. The van der Waals surface area contributed by atoms with Gasteiger partial charge in [-0.3, -0.25) is 4.90 Å². The molecule has 0 spiro atoms. The Morgan fingerprint density at radius 2 is 1.75 bits per heavy atom. The lowest BCUT2D eigenvalue weighted by atomic mass is 10.1. The average molecular weight is 385 g/mol. The fraction of sp³-hybridized carbons (Fsp3) is 0.409. The molecule has 0 aliphatic carbocycles. The molecule has 0 saturated carbocycles. The van der Waals surface area contributed by atoms with Crippen LogP contribution in [0.5, 0.6) is 5.75 Å². The van der Waals surface area contributed by atoms with Crippen LogP contribution >= 0.6 is 0 Å². The van der Waals surface area contributed by atoms with Gasteiger partial charge >= 0.3 is 6.03 Å². The van der Waals surface area contributed by atoms with Crippen LogP contribution in [0.15, 0.2) is 48.5 Å². The van der Waals surface area contributed by atoms with Crippen LogP contribution in [0.25, 0.3) is 0 Å². The van der Waals surface area contributed by atoms with E-state index in [1.807, 2.05) is 41.3 Å². The summed E-state index contributed by atoms with van der Waals surface area (Å²) in [4.78, 5) is 16.5. The van der Waals surface area contributed by atoms with Gasteiger partial charge in [-0.15, -0.1) is 0 Å². The quantitative estimate of drug-likeness (QED) is 0.797.